The average molecular weight is 365 g/mol. The fourth-order valence-electron chi connectivity index (χ4n) is 3.43. The molecule has 0 atom stereocenters. The van der Waals surface area contributed by atoms with E-state index in [4.69, 9.17) is 4.74 Å². The summed E-state index contributed by atoms with van der Waals surface area (Å²) in [6, 6.07) is 14.1. The van der Waals surface area contributed by atoms with Crippen LogP contribution in [0.4, 0.5) is 0 Å². The summed E-state index contributed by atoms with van der Waals surface area (Å²) in [6.45, 7) is 9.54. The Kier molecular flexibility index (Phi) is 5.61. The van der Waals surface area contributed by atoms with Crippen LogP contribution in [-0.2, 0) is 6.54 Å². The molecule has 0 saturated heterocycles. The third-order valence-electron chi connectivity index (χ3n) is 4.85. The molecule has 1 N–H and O–H groups in total. The molecule has 5 heteroatoms. The summed E-state index contributed by atoms with van der Waals surface area (Å²) < 4.78 is 5.57. The average Bonchev–Trinajstić information content (AvgIpc) is 2.65. The highest BCUT2D eigenvalue weighted by Gasteiger charge is 2.17. The van der Waals surface area contributed by atoms with Gasteiger partial charge in [0.15, 0.2) is 0 Å². The van der Waals surface area contributed by atoms with E-state index in [9.17, 15) is 4.79 Å². The standard InChI is InChI=1S/C22H27N3O2/c1-14(2)25(15(3)4)13-17-12-16(10-11-20(17)27-5)21-23-19-9-7-6-8-18(19)22(26)24-21/h6-12,14-15H,13H2,1-5H3,(H,23,24,26). The van der Waals surface area contributed by atoms with Gasteiger partial charge in [-0.1, -0.05) is 12.1 Å². The number of H-pyrrole nitrogens is 1. The van der Waals surface area contributed by atoms with Crippen LogP contribution < -0.4 is 10.3 Å². The first-order chi connectivity index (χ1) is 12.9. The summed E-state index contributed by atoms with van der Waals surface area (Å²) >= 11 is 0. The number of nitrogens with one attached hydrogen (secondary N) is 1. The van der Waals surface area contributed by atoms with Gasteiger partial charge in [0.2, 0.25) is 0 Å². The molecule has 0 spiro atoms. The predicted octanol–water partition coefficient (Wildman–Crippen LogP) is 4.22. The van der Waals surface area contributed by atoms with Crippen molar-refractivity contribution >= 4 is 10.9 Å². The van der Waals surface area contributed by atoms with E-state index >= 15 is 0 Å². The van der Waals surface area contributed by atoms with Crippen molar-refractivity contribution in [3.8, 4) is 17.1 Å². The number of para-hydroxylation sites is 1. The molecule has 0 aliphatic carbocycles. The van der Waals surface area contributed by atoms with E-state index in [1.807, 2.05) is 30.3 Å². The van der Waals surface area contributed by atoms with Crippen LogP contribution in [0.15, 0.2) is 47.3 Å². The first kappa shape index (κ1) is 19.1. The molecule has 142 valence electrons. The second-order valence-electron chi connectivity index (χ2n) is 7.32. The van der Waals surface area contributed by atoms with Gasteiger partial charge < -0.3 is 9.72 Å². The summed E-state index contributed by atoms with van der Waals surface area (Å²) in [7, 11) is 1.68. The van der Waals surface area contributed by atoms with Crippen LogP contribution in [0.25, 0.3) is 22.3 Å². The Labute approximate surface area is 160 Å². The highest BCUT2D eigenvalue weighted by Crippen LogP contribution is 2.27. The number of benzene rings is 2. The summed E-state index contributed by atoms with van der Waals surface area (Å²) in [6.07, 6.45) is 0. The Morgan fingerprint density at radius 1 is 1.07 bits per heavy atom. The molecule has 5 nitrogen and oxygen atoms in total. The molecule has 0 aliphatic rings. The van der Waals surface area contributed by atoms with Crippen LogP contribution >= 0.6 is 0 Å². The molecule has 1 heterocycles. The number of fused-ring (bicyclic) bond motifs is 1. The van der Waals surface area contributed by atoms with Gasteiger partial charge in [0.25, 0.3) is 5.56 Å². The quantitative estimate of drug-likeness (QED) is 0.711. The highest BCUT2D eigenvalue weighted by atomic mass is 16.5. The van der Waals surface area contributed by atoms with Gasteiger partial charge in [0.1, 0.15) is 11.6 Å². The van der Waals surface area contributed by atoms with E-state index in [0.29, 0.717) is 28.8 Å². The SMILES string of the molecule is COc1ccc(-c2nc3ccccc3c(=O)[nH]2)cc1CN(C(C)C)C(C)C. The van der Waals surface area contributed by atoms with Gasteiger partial charge in [-0.05, 0) is 58.0 Å². The molecule has 2 aromatic carbocycles. The van der Waals surface area contributed by atoms with Gasteiger partial charge in [0, 0.05) is 29.8 Å². The Morgan fingerprint density at radius 3 is 2.44 bits per heavy atom. The first-order valence-electron chi connectivity index (χ1n) is 9.32. The minimum Gasteiger partial charge on any atom is -0.496 e. The zero-order chi connectivity index (χ0) is 19.6. The maximum atomic E-state index is 12.4. The zero-order valence-electron chi connectivity index (χ0n) is 16.6. The van der Waals surface area contributed by atoms with Crippen LogP contribution in [0.5, 0.6) is 5.75 Å². The van der Waals surface area contributed by atoms with E-state index in [0.717, 1.165) is 23.4 Å². The summed E-state index contributed by atoms with van der Waals surface area (Å²) in [5, 5.41) is 0.598. The molecule has 1 aromatic heterocycles. The Morgan fingerprint density at radius 2 is 1.78 bits per heavy atom. The van der Waals surface area contributed by atoms with Gasteiger partial charge in [-0.15, -0.1) is 0 Å². The topological polar surface area (TPSA) is 58.2 Å². The Bertz CT molecular complexity index is 984. The first-order valence-corrected chi connectivity index (χ1v) is 9.32. The van der Waals surface area contributed by atoms with Gasteiger partial charge in [0.05, 0.1) is 18.0 Å². The van der Waals surface area contributed by atoms with Crippen molar-refractivity contribution in [2.24, 2.45) is 0 Å². The maximum Gasteiger partial charge on any atom is 0.259 e. The number of nitrogens with zero attached hydrogens (tertiary/aromatic N) is 2. The molecule has 3 rings (SSSR count). The molecule has 0 bridgehead atoms. The second kappa shape index (κ2) is 7.92. The molecule has 0 fully saturated rings. The van der Waals surface area contributed by atoms with Crippen molar-refractivity contribution in [3.05, 3.63) is 58.4 Å². The maximum absolute atomic E-state index is 12.4. The van der Waals surface area contributed by atoms with Crippen molar-refractivity contribution < 1.29 is 4.74 Å². The van der Waals surface area contributed by atoms with Crippen molar-refractivity contribution in [2.45, 2.75) is 46.3 Å². The molecule has 0 saturated carbocycles. The molecule has 27 heavy (non-hydrogen) atoms. The van der Waals surface area contributed by atoms with Crippen LogP contribution in [0.1, 0.15) is 33.3 Å². The molecular weight excluding hydrogens is 338 g/mol. The van der Waals surface area contributed by atoms with E-state index in [-0.39, 0.29) is 5.56 Å². The lowest BCUT2D eigenvalue weighted by atomic mass is 10.1. The van der Waals surface area contributed by atoms with E-state index in [2.05, 4.69) is 48.6 Å². The van der Waals surface area contributed by atoms with Gasteiger partial charge in [-0.2, -0.15) is 0 Å². The normalized spacial score (nSPS) is 11.7. The summed E-state index contributed by atoms with van der Waals surface area (Å²) in [4.78, 5) is 22.4. The highest BCUT2D eigenvalue weighted by molar-refractivity contribution is 5.79. The molecule has 0 aliphatic heterocycles. The third-order valence-corrected chi connectivity index (χ3v) is 4.85. The fraction of sp³-hybridized carbons (Fsp3) is 0.364. The number of methoxy groups -OCH3 is 1. The van der Waals surface area contributed by atoms with Crippen molar-refractivity contribution in [3.63, 3.8) is 0 Å². The number of rotatable bonds is 6. The Balaban J connectivity index is 2.06. The minimum absolute atomic E-state index is 0.126. The van der Waals surface area contributed by atoms with Gasteiger partial charge in [-0.25, -0.2) is 4.98 Å². The number of ether oxygens (including phenoxy) is 1. The number of hydrogen-bond acceptors (Lipinski definition) is 4. The predicted molar refractivity (Wildman–Crippen MR) is 110 cm³/mol. The van der Waals surface area contributed by atoms with Crippen molar-refractivity contribution in [1.82, 2.24) is 14.9 Å². The largest absolute Gasteiger partial charge is 0.496 e. The number of aromatic amines is 1. The third kappa shape index (κ3) is 4.03. The Hall–Kier alpha value is -2.66. The summed E-state index contributed by atoms with van der Waals surface area (Å²) in [5.41, 5.74) is 2.52. The lowest BCUT2D eigenvalue weighted by molar-refractivity contribution is 0.164. The smallest absolute Gasteiger partial charge is 0.259 e. The van der Waals surface area contributed by atoms with Crippen LogP contribution in [0.2, 0.25) is 0 Å². The van der Waals surface area contributed by atoms with Crippen LogP contribution in [-0.4, -0.2) is 34.1 Å². The van der Waals surface area contributed by atoms with Crippen molar-refractivity contribution in [2.75, 3.05) is 7.11 Å². The van der Waals surface area contributed by atoms with E-state index < -0.39 is 0 Å². The number of hydrogen-bond donors (Lipinski definition) is 1. The molecule has 3 aromatic rings. The second-order valence-corrected chi connectivity index (χ2v) is 7.32. The van der Waals surface area contributed by atoms with Crippen LogP contribution in [0.3, 0.4) is 0 Å². The summed E-state index contributed by atoms with van der Waals surface area (Å²) in [5.74, 6) is 1.41. The number of aromatic nitrogens is 2. The van der Waals surface area contributed by atoms with Crippen LogP contribution in [0, 0.1) is 0 Å². The fourth-order valence-corrected chi connectivity index (χ4v) is 3.43. The van der Waals surface area contributed by atoms with E-state index in [1.54, 1.807) is 13.2 Å². The van der Waals surface area contributed by atoms with Crippen molar-refractivity contribution in [1.29, 1.82) is 0 Å². The molecular formula is C22H27N3O2. The molecule has 0 unspecified atom stereocenters. The molecule has 0 radical (unpaired) electrons. The lowest BCUT2D eigenvalue weighted by Gasteiger charge is -2.31. The minimum atomic E-state index is -0.126. The van der Waals surface area contributed by atoms with E-state index in [1.165, 1.54) is 0 Å². The molecule has 0 amide bonds. The van der Waals surface area contributed by atoms with Gasteiger partial charge in [-0.3, -0.25) is 9.69 Å². The monoisotopic (exact) mass is 365 g/mol. The zero-order valence-corrected chi connectivity index (χ0v) is 16.6. The lowest BCUT2D eigenvalue weighted by Crippen LogP contribution is -2.36. The van der Waals surface area contributed by atoms with Gasteiger partial charge >= 0.3 is 0 Å².